The maximum absolute atomic E-state index is 4.32. The van der Waals surface area contributed by atoms with Crippen LogP contribution in [0.15, 0.2) is 48.9 Å². The zero-order valence-electron chi connectivity index (χ0n) is 9.30. The maximum atomic E-state index is 4.32. The molecule has 0 aromatic carbocycles. The minimum atomic E-state index is 0.259. The highest BCUT2D eigenvalue weighted by molar-refractivity contribution is 5.11. The largest absolute Gasteiger partial charge is 0.305 e. The molecule has 16 heavy (non-hydrogen) atoms. The zero-order valence-corrected chi connectivity index (χ0v) is 9.30. The van der Waals surface area contributed by atoms with Gasteiger partial charge in [0.05, 0.1) is 5.69 Å². The molecular weight excluding hydrogens is 198 g/mol. The smallest absolute Gasteiger partial charge is 0.0570 e. The Morgan fingerprint density at radius 2 is 1.94 bits per heavy atom. The Kier molecular flexibility index (Phi) is 3.62. The second-order valence-corrected chi connectivity index (χ2v) is 3.71. The van der Waals surface area contributed by atoms with Crippen molar-refractivity contribution in [3.8, 4) is 0 Å². The summed E-state index contributed by atoms with van der Waals surface area (Å²) in [5, 5.41) is 3.42. The summed E-state index contributed by atoms with van der Waals surface area (Å²) in [4.78, 5) is 8.31. The fraction of sp³-hybridized carbons (Fsp3) is 0.231. The fourth-order valence-corrected chi connectivity index (χ4v) is 1.51. The Balaban J connectivity index is 1.92. The van der Waals surface area contributed by atoms with Crippen LogP contribution in [0.2, 0.25) is 0 Å². The molecule has 2 rings (SSSR count). The topological polar surface area (TPSA) is 37.8 Å². The Morgan fingerprint density at radius 3 is 2.62 bits per heavy atom. The molecule has 0 fully saturated rings. The molecule has 0 aliphatic heterocycles. The van der Waals surface area contributed by atoms with Gasteiger partial charge in [-0.1, -0.05) is 6.07 Å². The second kappa shape index (κ2) is 5.37. The number of hydrogen-bond acceptors (Lipinski definition) is 3. The van der Waals surface area contributed by atoms with Crippen molar-refractivity contribution >= 4 is 0 Å². The minimum Gasteiger partial charge on any atom is -0.305 e. The molecule has 1 N–H and O–H groups in total. The Hall–Kier alpha value is -1.74. The molecule has 0 radical (unpaired) electrons. The highest BCUT2D eigenvalue weighted by atomic mass is 14.9. The van der Waals surface area contributed by atoms with Gasteiger partial charge in [0, 0.05) is 31.2 Å². The van der Waals surface area contributed by atoms with Gasteiger partial charge >= 0.3 is 0 Å². The van der Waals surface area contributed by atoms with Crippen molar-refractivity contribution in [3.05, 3.63) is 60.2 Å². The molecule has 0 spiro atoms. The summed E-state index contributed by atoms with van der Waals surface area (Å²) in [7, 11) is 0. The first-order valence-corrected chi connectivity index (χ1v) is 5.39. The van der Waals surface area contributed by atoms with E-state index >= 15 is 0 Å². The van der Waals surface area contributed by atoms with Crippen LogP contribution in [0.5, 0.6) is 0 Å². The third-order valence-electron chi connectivity index (χ3n) is 2.49. The highest BCUT2D eigenvalue weighted by Crippen LogP contribution is 2.08. The summed E-state index contributed by atoms with van der Waals surface area (Å²) >= 11 is 0. The fourth-order valence-electron chi connectivity index (χ4n) is 1.51. The van der Waals surface area contributed by atoms with E-state index in [1.54, 1.807) is 0 Å². The molecule has 2 aromatic heterocycles. The molecule has 2 aromatic rings. The van der Waals surface area contributed by atoms with E-state index < -0.39 is 0 Å². The summed E-state index contributed by atoms with van der Waals surface area (Å²) in [5.74, 6) is 0. The Labute approximate surface area is 95.6 Å². The van der Waals surface area contributed by atoms with E-state index in [-0.39, 0.29) is 6.04 Å². The van der Waals surface area contributed by atoms with Crippen LogP contribution in [0.1, 0.15) is 24.2 Å². The number of pyridine rings is 2. The third kappa shape index (κ3) is 2.87. The van der Waals surface area contributed by atoms with Crippen LogP contribution in [0.3, 0.4) is 0 Å². The van der Waals surface area contributed by atoms with Crippen LogP contribution in [-0.2, 0) is 6.54 Å². The van der Waals surface area contributed by atoms with E-state index in [9.17, 15) is 0 Å². The van der Waals surface area contributed by atoms with E-state index in [1.807, 2.05) is 48.9 Å². The first-order chi connectivity index (χ1) is 7.86. The highest BCUT2D eigenvalue weighted by Gasteiger charge is 2.04. The molecule has 0 unspecified atom stereocenters. The number of rotatable bonds is 4. The van der Waals surface area contributed by atoms with Crippen LogP contribution in [0, 0.1) is 0 Å². The molecule has 0 aliphatic carbocycles. The summed E-state index contributed by atoms with van der Waals surface area (Å²) in [5.41, 5.74) is 2.30. The third-order valence-corrected chi connectivity index (χ3v) is 2.49. The monoisotopic (exact) mass is 213 g/mol. The quantitative estimate of drug-likeness (QED) is 0.847. The SMILES string of the molecule is C[C@H](NCc1ccncc1)c1ccccn1. The van der Waals surface area contributed by atoms with Crippen LogP contribution < -0.4 is 5.32 Å². The van der Waals surface area contributed by atoms with E-state index in [0.717, 1.165) is 12.2 Å². The number of nitrogens with zero attached hydrogens (tertiary/aromatic N) is 2. The van der Waals surface area contributed by atoms with Crippen LogP contribution >= 0.6 is 0 Å². The lowest BCUT2D eigenvalue weighted by Crippen LogP contribution is -2.18. The van der Waals surface area contributed by atoms with Gasteiger partial charge < -0.3 is 5.32 Å². The molecule has 3 heteroatoms. The first kappa shape index (κ1) is 10.8. The Bertz CT molecular complexity index is 414. The molecule has 0 amide bonds. The van der Waals surface area contributed by atoms with E-state index in [0.29, 0.717) is 0 Å². The number of aromatic nitrogens is 2. The normalized spacial score (nSPS) is 12.3. The molecule has 2 heterocycles. The molecule has 1 atom stereocenters. The maximum Gasteiger partial charge on any atom is 0.0570 e. The van der Waals surface area contributed by atoms with Gasteiger partial charge in [-0.2, -0.15) is 0 Å². The molecule has 0 bridgehead atoms. The van der Waals surface area contributed by atoms with E-state index in [4.69, 9.17) is 0 Å². The van der Waals surface area contributed by atoms with Crippen molar-refractivity contribution in [2.45, 2.75) is 19.5 Å². The molecule has 82 valence electrons. The van der Waals surface area contributed by atoms with Gasteiger partial charge in [0.25, 0.3) is 0 Å². The summed E-state index contributed by atoms with van der Waals surface area (Å²) in [6, 6.07) is 10.3. The number of hydrogen-bond donors (Lipinski definition) is 1. The van der Waals surface area contributed by atoms with Gasteiger partial charge in [-0.15, -0.1) is 0 Å². The predicted molar refractivity (Wildman–Crippen MR) is 63.7 cm³/mol. The van der Waals surface area contributed by atoms with Gasteiger partial charge in [0.15, 0.2) is 0 Å². The second-order valence-electron chi connectivity index (χ2n) is 3.71. The van der Waals surface area contributed by atoms with Crippen molar-refractivity contribution in [1.82, 2.24) is 15.3 Å². The zero-order chi connectivity index (χ0) is 11.2. The lowest BCUT2D eigenvalue weighted by atomic mass is 10.2. The van der Waals surface area contributed by atoms with Crippen LogP contribution in [0.25, 0.3) is 0 Å². The minimum absolute atomic E-state index is 0.259. The van der Waals surface area contributed by atoms with Crippen LogP contribution in [-0.4, -0.2) is 9.97 Å². The standard InChI is InChI=1S/C13H15N3/c1-11(13-4-2-3-7-15-13)16-10-12-5-8-14-9-6-12/h2-9,11,16H,10H2,1H3/t11-/m0/s1. The molecule has 3 nitrogen and oxygen atoms in total. The summed E-state index contributed by atoms with van der Waals surface area (Å²) < 4.78 is 0. The average molecular weight is 213 g/mol. The van der Waals surface area contributed by atoms with Gasteiger partial charge in [-0.3, -0.25) is 9.97 Å². The summed E-state index contributed by atoms with van der Waals surface area (Å²) in [6.45, 7) is 2.95. The first-order valence-electron chi connectivity index (χ1n) is 5.39. The van der Waals surface area contributed by atoms with Gasteiger partial charge in [0.1, 0.15) is 0 Å². The number of nitrogens with one attached hydrogen (secondary N) is 1. The molecule has 0 saturated carbocycles. The van der Waals surface area contributed by atoms with Crippen molar-refractivity contribution in [1.29, 1.82) is 0 Å². The van der Waals surface area contributed by atoms with Crippen molar-refractivity contribution in [2.75, 3.05) is 0 Å². The van der Waals surface area contributed by atoms with E-state index in [1.165, 1.54) is 5.56 Å². The van der Waals surface area contributed by atoms with Crippen LogP contribution in [0.4, 0.5) is 0 Å². The molecular formula is C13H15N3. The Morgan fingerprint density at radius 1 is 1.12 bits per heavy atom. The van der Waals surface area contributed by atoms with Crippen molar-refractivity contribution in [3.63, 3.8) is 0 Å². The lowest BCUT2D eigenvalue weighted by Gasteiger charge is -2.12. The summed E-state index contributed by atoms with van der Waals surface area (Å²) in [6.07, 6.45) is 5.44. The molecule has 0 aliphatic rings. The lowest BCUT2D eigenvalue weighted by molar-refractivity contribution is 0.561. The van der Waals surface area contributed by atoms with Crippen molar-refractivity contribution < 1.29 is 0 Å². The van der Waals surface area contributed by atoms with E-state index in [2.05, 4.69) is 22.2 Å². The molecule has 0 saturated heterocycles. The predicted octanol–water partition coefficient (Wildman–Crippen LogP) is 2.33. The average Bonchev–Trinajstić information content (AvgIpc) is 2.38. The van der Waals surface area contributed by atoms with Gasteiger partial charge in [0.2, 0.25) is 0 Å². The van der Waals surface area contributed by atoms with Gasteiger partial charge in [-0.25, -0.2) is 0 Å². The van der Waals surface area contributed by atoms with Gasteiger partial charge in [-0.05, 0) is 36.8 Å². The van der Waals surface area contributed by atoms with Crippen molar-refractivity contribution in [2.24, 2.45) is 0 Å².